The van der Waals surface area contributed by atoms with E-state index in [-0.39, 0.29) is 0 Å². The first-order valence-corrected chi connectivity index (χ1v) is 2.37. The molecule has 0 atom stereocenters. The highest BCUT2D eigenvalue weighted by Gasteiger charge is 1.78. The molecule has 3 heteroatoms. The lowest BCUT2D eigenvalue weighted by Gasteiger charge is -1.71. The highest BCUT2D eigenvalue weighted by molar-refractivity contribution is 6.25. The first kappa shape index (κ1) is 7.24. The Morgan fingerprint density at radius 3 is 2.50 bits per heavy atom. The molecule has 0 unspecified atom stereocenters. The van der Waals surface area contributed by atoms with E-state index in [1.165, 1.54) is 17.7 Å². The molecule has 0 fully saturated rings. The molecule has 0 rings (SSSR count). The van der Waals surface area contributed by atoms with Gasteiger partial charge < -0.3 is 5.11 Å². The minimum Gasteiger partial charge on any atom is -0.478 e. The maximum absolute atomic E-state index is 9.71. The summed E-state index contributed by atoms with van der Waals surface area (Å²) in [6, 6.07) is 0. The van der Waals surface area contributed by atoms with Gasteiger partial charge in [-0.15, -0.1) is 0 Å². The molecule has 0 radical (unpaired) electrons. The Kier molecular flexibility index (Phi) is 3.98. The van der Waals surface area contributed by atoms with Crippen molar-refractivity contribution in [2.75, 3.05) is 0 Å². The Bertz CT molecular complexity index is 126. The largest absolute Gasteiger partial charge is 0.478 e. The smallest absolute Gasteiger partial charge is 0.328 e. The van der Waals surface area contributed by atoms with Crippen LogP contribution in [0, 0.1) is 0 Å². The standard InChI is InChI=1S/C5H5ClO2/c6-4-2-1-3-5(7)8/h1-4H,(H,7,8)/b3-1-,4-2+. The average Bonchev–Trinajstić information content (AvgIpc) is 1.66. The van der Waals surface area contributed by atoms with E-state index in [0.29, 0.717) is 0 Å². The van der Waals surface area contributed by atoms with Gasteiger partial charge in [0.15, 0.2) is 0 Å². The second-order valence-corrected chi connectivity index (χ2v) is 1.27. The topological polar surface area (TPSA) is 37.3 Å². The van der Waals surface area contributed by atoms with Gasteiger partial charge in [-0.25, -0.2) is 4.79 Å². The van der Waals surface area contributed by atoms with Crippen LogP contribution in [0.2, 0.25) is 0 Å². The minimum absolute atomic E-state index is 0.972. The minimum atomic E-state index is -0.972. The van der Waals surface area contributed by atoms with Gasteiger partial charge in [-0.2, -0.15) is 0 Å². The number of allylic oxidation sites excluding steroid dienone is 2. The number of aliphatic carboxylic acids is 1. The second kappa shape index (κ2) is 4.40. The molecule has 0 aliphatic rings. The van der Waals surface area contributed by atoms with Crippen molar-refractivity contribution in [3.05, 3.63) is 23.8 Å². The quantitative estimate of drug-likeness (QED) is 0.455. The van der Waals surface area contributed by atoms with Crippen molar-refractivity contribution in [3.63, 3.8) is 0 Å². The van der Waals surface area contributed by atoms with Crippen LogP contribution in [0.25, 0.3) is 0 Å². The van der Waals surface area contributed by atoms with Crippen molar-refractivity contribution < 1.29 is 9.90 Å². The summed E-state index contributed by atoms with van der Waals surface area (Å²) in [5, 5.41) is 7.98. The van der Waals surface area contributed by atoms with Crippen molar-refractivity contribution in [2.24, 2.45) is 0 Å². The molecule has 0 bridgehead atoms. The fraction of sp³-hybridized carbons (Fsp3) is 0. The number of rotatable bonds is 2. The summed E-state index contributed by atoms with van der Waals surface area (Å²) in [5.41, 5.74) is 1.24. The van der Waals surface area contributed by atoms with Crippen LogP contribution in [-0.4, -0.2) is 11.1 Å². The van der Waals surface area contributed by atoms with Gasteiger partial charge in [0, 0.05) is 11.6 Å². The molecule has 0 aromatic heterocycles. The third kappa shape index (κ3) is 5.24. The summed E-state index contributed by atoms with van der Waals surface area (Å²) in [7, 11) is 0. The predicted octanol–water partition coefficient (Wildman–Crippen LogP) is 1.38. The van der Waals surface area contributed by atoms with Gasteiger partial charge in [-0.05, 0) is 0 Å². The van der Waals surface area contributed by atoms with Crippen molar-refractivity contribution in [1.29, 1.82) is 0 Å². The molecule has 0 aliphatic heterocycles. The number of carboxylic acid groups (broad SMARTS) is 1. The van der Waals surface area contributed by atoms with Crippen LogP contribution in [0.3, 0.4) is 0 Å². The average molecular weight is 133 g/mol. The predicted molar refractivity (Wildman–Crippen MR) is 31.8 cm³/mol. The maximum atomic E-state index is 9.71. The van der Waals surface area contributed by atoms with Crippen LogP contribution in [0.1, 0.15) is 0 Å². The highest BCUT2D eigenvalue weighted by atomic mass is 35.5. The summed E-state index contributed by atoms with van der Waals surface area (Å²) >= 11 is 5.06. The molecule has 0 aromatic carbocycles. The van der Waals surface area contributed by atoms with Crippen LogP contribution in [0.15, 0.2) is 23.8 Å². The summed E-state index contributed by atoms with van der Waals surface area (Å²) in [4.78, 5) is 9.71. The second-order valence-electron chi connectivity index (χ2n) is 1.02. The van der Waals surface area contributed by atoms with Gasteiger partial charge in [0.1, 0.15) is 0 Å². The fourth-order valence-corrected chi connectivity index (χ4v) is 0.264. The number of halogens is 1. The fourth-order valence-electron chi connectivity index (χ4n) is 0.180. The third-order valence-corrected chi connectivity index (χ3v) is 0.568. The van der Waals surface area contributed by atoms with E-state index >= 15 is 0 Å². The SMILES string of the molecule is O=C(O)/C=C\C=C\Cl. The van der Waals surface area contributed by atoms with Gasteiger partial charge in [0.25, 0.3) is 0 Å². The van der Waals surface area contributed by atoms with Gasteiger partial charge in [-0.1, -0.05) is 23.8 Å². The Hall–Kier alpha value is -0.760. The molecule has 8 heavy (non-hydrogen) atoms. The van der Waals surface area contributed by atoms with Crippen molar-refractivity contribution in [3.8, 4) is 0 Å². The lowest BCUT2D eigenvalue weighted by atomic mass is 10.5. The zero-order valence-corrected chi connectivity index (χ0v) is 4.80. The van der Waals surface area contributed by atoms with E-state index in [1.54, 1.807) is 0 Å². The Morgan fingerprint density at radius 2 is 2.12 bits per heavy atom. The third-order valence-electron chi connectivity index (χ3n) is 0.423. The Balaban J connectivity index is 3.50. The molecular formula is C5H5ClO2. The zero-order chi connectivity index (χ0) is 6.41. The molecule has 0 saturated heterocycles. The number of carboxylic acids is 1. The van der Waals surface area contributed by atoms with Gasteiger partial charge in [0.05, 0.1) is 0 Å². The van der Waals surface area contributed by atoms with Crippen LogP contribution < -0.4 is 0 Å². The Morgan fingerprint density at radius 1 is 1.50 bits per heavy atom. The van der Waals surface area contributed by atoms with Crippen LogP contribution in [0.5, 0.6) is 0 Å². The van der Waals surface area contributed by atoms with Crippen molar-refractivity contribution in [2.45, 2.75) is 0 Å². The summed E-state index contributed by atoms with van der Waals surface area (Å²) in [6.07, 6.45) is 3.77. The van der Waals surface area contributed by atoms with Gasteiger partial charge in [-0.3, -0.25) is 0 Å². The van der Waals surface area contributed by atoms with E-state index in [4.69, 9.17) is 16.7 Å². The molecule has 0 saturated carbocycles. The Labute approximate surface area is 52.1 Å². The normalized spacial score (nSPS) is 11.1. The number of hydrogen-bond acceptors (Lipinski definition) is 1. The molecule has 0 amide bonds. The summed E-state index contributed by atoms with van der Waals surface area (Å²) < 4.78 is 0. The molecule has 44 valence electrons. The van der Waals surface area contributed by atoms with Crippen LogP contribution in [-0.2, 0) is 4.79 Å². The lowest BCUT2D eigenvalue weighted by Crippen LogP contribution is -1.83. The molecule has 0 heterocycles. The molecular weight excluding hydrogens is 128 g/mol. The number of hydrogen-bond donors (Lipinski definition) is 1. The molecule has 1 N–H and O–H groups in total. The van der Waals surface area contributed by atoms with Gasteiger partial charge >= 0.3 is 5.97 Å². The molecule has 2 nitrogen and oxygen atoms in total. The van der Waals surface area contributed by atoms with Crippen molar-refractivity contribution >= 4 is 17.6 Å². The van der Waals surface area contributed by atoms with E-state index in [0.717, 1.165) is 6.08 Å². The lowest BCUT2D eigenvalue weighted by molar-refractivity contribution is -0.131. The van der Waals surface area contributed by atoms with Crippen LogP contribution >= 0.6 is 11.6 Å². The molecule has 0 aromatic rings. The summed E-state index contributed by atoms with van der Waals surface area (Å²) in [5.74, 6) is -0.972. The van der Waals surface area contributed by atoms with E-state index in [2.05, 4.69) is 0 Å². The highest BCUT2D eigenvalue weighted by Crippen LogP contribution is 1.79. The zero-order valence-electron chi connectivity index (χ0n) is 4.04. The first-order valence-electron chi connectivity index (χ1n) is 1.93. The monoisotopic (exact) mass is 132 g/mol. The number of carbonyl (C=O) groups is 1. The van der Waals surface area contributed by atoms with Crippen LogP contribution in [0.4, 0.5) is 0 Å². The van der Waals surface area contributed by atoms with Gasteiger partial charge in [0.2, 0.25) is 0 Å². The van der Waals surface area contributed by atoms with E-state index < -0.39 is 5.97 Å². The van der Waals surface area contributed by atoms with E-state index in [1.807, 2.05) is 0 Å². The van der Waals surface area contributed by atoms with E-state index in [9.17, 15) is 4.79 Å². The summed E-state index contributed by atoms with van der Waals surface area (Å²) in [6.45, 7) is 0. The molecule has 0 spiro atoms. The maximum Gasteiger partial charge on any atom is 0.328 e. The van der Waals surface area contributed by atoms with Crippen molar-refractivity contribution in [1.82, 2.24) is 0 Å². The first-order chi connectivity index (χ1) is 3.77. The molecule has 0 aliphatic carbocycles.